The van der Waals surface area contributed by atoms with Gasteiger partial charge in [-0.25, -0.2) is 0 Å². The lowest BCUT2D eigenvalue weighted by Crippen LogP contribution is -2.37. The summed E-state index contributed by atoms with van der Waals surface area (Å²) >= 11 is 0. The zero-order chi connectivity index (χ0) is 40.9. The summed E-state index contributed by atoms with van der Waals surface area (Å²) in [5.74, 6) is -0.878. The molecule has 0 amide bonds. The predicted molar refractivity (Wildman–Crippen MR) is 224 cm³/mol. The summed E-state index contributed by atoms with van der Waals surface area (Å²) in [7, 11) is 1.13. The lowest BCUT2D eigenvalue weighted by Gasteiger charge is -2.28. The van der Waals surface area contributed by atoms with E-state index in [-0.39, 0.29) is 32.2 Å². The van der Waals surface area contributed by atoms with Crippen LogP contribution in [0.1, 0.15) is 187 Å². The lowest BCUT2D eigenvalue weighted by molar-refractivity contribution is -0.870. The van der Waals surface area contributed by atoms with Crippen LogP contribution in [0.25, 0.3) is 0 Å². The molecule has 0 radical (unpaired) electrons. The Bertz CT molecular complexity index is 1010. The number of hydrogen-bond donors (Lipinski definition) is 1. The minimum absolute atomic E-state index is 0.0420. The highest BCUT2D eigenvalue weighted by Crippen LogP contribution is 2.38. The van der Waals surface area contributed by atoms with Crippen molar-refractivity contribution in [2.45, 2.75) is 199 Å². The highest BCUT2D eigenvalue weighted by Gasteiger charge is 2.21. The molecule has 0 saturated carbocycles. The third kappa shape index (κ3) is 40.4. The van der Waals surface area contributed by atoms with Gasteiger partial charge in [0.15, 0.2) is 6.10 Å². The van der Waals surface area contributed by atoms with Gasteiger partial charge in [-0.2, -0.15) is 0 Å². The first-order chi connectivity index (χ1) is 26.4. The maximum Gasteiger partial charge on any atom is 0.306 e. The number of unbranched alkanes of at least 4 members (excludes halogenated alkanes) is 21. The van der Waals surface area contributed by atoms with Crippen molar-refractivity contribution in [3.05, 3.63) is 24.3 Å². The Kier molecular flexibility index (Phi) is 35.7. The summed E-state index contributed by atoms with van der Waals surface area (Å²) in [6, 6.07) is 0. The van der Waals surface area contributed by atoms with E-state index < -0.39 is 32.5 Å². The molecule has 0 heterocycles. The summed E-state index contributed by atoms with van der Waals surface area (Å²) in [4.78, 5) is 37.5. The van der Waals surface area contributed by atoms with Crippen LogP contribution in [0.3, 0.4) is 0 Å². The van der Waals surface area contributed by atoms with Gasteiger partial charge in [-0.05, 0) is 32.1 Å². The molecule has 55 heavy (non-hydrogen) atoms. The van der Waals surface area contributed by atoms with Gasteiger partial charge >= 0.3 is 11.9 Å². The van der Waals surface area contributed by atoms with Gasteiger partial charge in [-0.15, -0.1) is 0 Å². The van der Waals surface area contributed by atoms with Gasteiger partial charge in [0.1, 0.15) is 19.8 Å². The monoisotopic (exact) mass is 802 g/mol. The number of aliphatic hydroxyl groups excluding tert-OH is 1. The van der Waals surface area contributed by atoms with Crippen molar-refractivity contribution in [3.8, 4) is 0 Å². The molecule has 0 saturated heterocycles. The SMILES string of the molecule is CCCCCCCCCCCCCCCCCC(=O)OC[C@H](COP(=O)([O-])OCC[N+](C)(C)C)OC(=O)CCCCCCC/C=C\C=C\C(O)CCCCC. The van der Waals surface area contributed by atoms with Gasteiger partial charge in [0.2, 0.25) is 0 Å². The Morgan fingerprint density at radius 2 is 1.15 bits per heavy atom. The van der Waals surface area contributed by atoms with Crippen LogP contribution in [0.4, 0.5) is 0 Å². The zero-order valence-electron chi connectivity index (χ0n) is 36.0. The molecule has 0 rings (SSSR count). The molecule has 0 aliphatic rings. The molecular formula is C44H84NO9P. The predicted octanol–water partition coefficient (Wildman–Crippen LogP) is 10.7. The number of quaternary nitrogens is 1. The van der Waals surface area contributed by atoms with Gasteiger partial charge in [0.25, 0.3) is 7.82 Å². The second-order valence-corrected chi connectivity index (χ2v) is 17.7. The Balaban J connectivity index is 4.41. The van der Waals surface area contributed by atoms with Crippen LogP contribution in [-0.4, -0.2) is 81.2 Å². The first kappa shape index (κ1) is 53.5. The molecule has 1 N–H and O–H groups in total. The molecule has 0 fully saturated rings. The fraction of sp³-hybridized carbons (Fsp3) is 0.864. The van der Waals surface area contributed by atoms with Gasteiger partial charge in [0.05, 0.1) is 33.9 Å². The Morgan fingerprint density at radius 3 is 1.69 bits per heavy atom. The first-order valence-corrected chi connectivity index (χ1v) is 23.6. The maximum atomic E-state index is 12.7. The van der Waals surface area contributed by atoms with Crippen molar-refractivity contribution in [1.29, 1.82) is 0 Å². The van der Waals surface area contributed by atoms with Crippen LogP contribution in [0, 0.1) is 0 Å². The maximum absolute atomic E-state index is 12.7. The summed E-state index contributed by atoms with van der Waals surface area (Å²) in [6.07, 6.45) is 35.2. The number of nitrogens with zero attached hydrogens (tertiary/aromatic N) is 1. The van der Waals surface area contributed by atoms with Crippen molar-refractivity contribution in [2.24, 2.45) is 0 Å². The average molecular weight is 802 g/mol. The van der Waals surface area contributed by atoms with Crippen LogP contribution in [0.2, 0.25) is 0 Å². The zero-order valence-corrected chi connectivity index (χ0v) is 36.9. The van der Waals surface area contributed by atoms with Crippen molar-refractivity contribution in [3.63, 3.8) is 0 Å². The standard InChI is InChI=1S/C44H84NO9P/c1-6-8-10-11-12-13-14-15-16-17-18-21-24-27-31-35-43(47)51-39-42(40-53-55(49,50)52-38-37-45(3,4)5)54-44(48)36-32-28-25-22-19-20-23-26-30-34-41(46)33-29-9-7-2/h23,26,30,34,41-42,46H,6-22,24-25,27-29,31-33,35-40H2,1-5H3/b26-23-,34-30+/t41?,42-/m1/s1. The molecule has 0 aromatic heterocycles. The van der Waals surface area contributed by atoms with E-state index in [1.165, 1.54) is 77.0 Å². The molecule has 0 bridgehead atoms. The second-order valence-electron chi connectivity index (χ2n) is 16.3. The van der Waals surface area contributed by atoms with Gasteiger partial charge in [-0.3, -0.25) is 14.2 Å². The van der Waals surface area contributed by atoms with Crippen molar-refractivity contribution < 1.29 is 47.2 Å². The van der Waals surface area contributed by atoms with Crippen LogP contribution in [-0.2, 0) is 32.7 Å². The minimum Gasteiger partial charge on any atom is -0.756 e. The number of likely N-dealkylation sites (N-methyl/N-ethyl adjacent to an activating group) is 1. The van der Waals surface area contributed by atoms with Crippen molar-refractivity contribution in [1.82, 2.24) is 0 Å². The number of rotatable bonds is 40. The Hall–Kier alpha value is -1.55. The van der Waals surface area contributed by atoms with Gasteiger partial charge in [0, 0.05) is 12.8 Å². The van der Waals surface area contributed by atoms with E-state index in [2.05, 4.69) is 19.9 Å². The van der Waals surface area contributed by atoms with Crippen LogP contribution < -0.4 is 4.89 Å². The summed E-state index contributed by atoms with van der Waals surface area (Å²) in [5.41, 5.74) is 0. The quantitative estimate of drug-likeness (QED) is 0.0211. The van der Waals surface area contributed by atoms with Crippen LogP contribution in [0.5, 0.6) is 0 Å². The number of hydrogen-bond acceptors (Lipinski definition) is 9. The van der Waals surface area contributed by atoms with Crippen LogP contribution >= 0.6 is 7.82 Å². The Morgan fingerprint density at radius 1 is 0.655 bits per heavy atom. The number of carbonyl (C=O) groups excluding carboxylic acids is 2. The third-order valence-electron chi connectivity index (χ3n) is 9.58. The average Bonchev–Trinajstić information content (AvgIpc) is 3.12. The Labute approximate surface area is 337 Å². The molecule has 0 aromatic carbocycles. The first-order valence-electron chi connectivity index (χ1n) is 22.2. The number of phosphoric ester groups is 1. The molecule has 0 aliphatic carbocycles. The number of esters is 2. The van der Waals surface area contributed by atoms with E-state index in [4.69, 9.17) is 18.5 Å². The summed E-state index contributed by atoms with van der Waals surface area (Å²) in [5, 5.41) is 9.93. The highest BCUT2D eigenvalue weighted by atomic mass is 31.2. The molecule has 3 atom stereocenters. The number of aliphatic hydroxyl groups is 1. The second kappa shape index (κ2) is 36.8. The van der Waals surface area contributed by atoms with Crippen molar-refractivity contribution >= 4 is 19.8 Å². The molecule has 11 heteroatoms. The molecular weight excluding hydrogens is 717 g/mol. The van der Waals surface area contributed by atoms with Gasteiger partial charge in [-0.1, -0.05) is 167 Å². The lowest BCUT2D eigenvalue weighted by atomic mass is 10.0. The normalized spacial score (nSPS) is 14.4. The molecule has 2 unspecified atom stereocenters. The topological polar surface area (TPSA) is 131 Å². The number of ether oxygens (including phenoxy) is 2. The fourth-order valence-electron chi connectivity index (χ4n) is 6.03. The summed E-state index contributed by atoms with van der Waals surface area (Å²) in [6.45, 7) is 4.07. The van der Waals surface area contributed by atoms with Crippen LogP contribution in [0.15, 0.2) is 24.3 Å². The van der Waals surface area contributed by atoms with E-state index >= 15 is 0 Å². The van der Waals surface area contributed by atoms with E-state index in [0.717, 1.165) is 77.0 Å². The van der Waals surface area contributed by atoms with Crippen molar-refractivity contribution in [2.75, 3.05) is 47.5 Å². The largest absolute Gasteiger partial charge is 0.756 e. The number of allylic oxidation sites excluding steroid dienone is 3. The molecule has 324 valence electrons. The minimum atomic E-state index is -4.64. The molecule has 0 aliphatic heterocycles. The summed E-state index contributed by atoms with van der Waals surface area (Å²) < 4.78 is 33.8. The van der Waals surface area contributed by atoms with E-state index in [1.54, 1.807) is 0 Å². The van der Waals surface area contributed by atoms with E-state index in [0.29, 0.717) is 17.4 Å². The number of carbonyl (C=O) groups is 2. The fourth-order valence-corrected chi connectivity index (χ4v) is 6.76. The third-order valence-corrected chi connectivity index (χ3v) is 10.5. The van der Waals surface area contributed by atoms with E-state index in [1.807, 2.05) is 39.4 Å². The highest BCUT2D eigenvalue weighted by molar-refractivity contribution is 7.45. The molecule has 0 spiro atoms. The van der Waals surface area contributed by atoms with Gasteiger partial charge < -0.3 is 33.0 Å². The molecule has 0 aromatic rings. The van der Waals surface area contributed by atoms with E-state index in [9.17, 15) is 24.2 Å². The smallest absolute Gasteiger partial charge is 0.306 e. The number of phosphoric acid groups is 1. The molecule has 10 nitrogen and oxygen atoms in total.